The zero-order valence-corrected chi connectivity index (χ0v) is 12.4. The lowest BCUT2D eigenvalue weighted by Gasteiger charge is -2.32. The molecule has 17 heavy (non-hydrogen) atoms. The molecule has 1 aliphatic rings. The molecule has 1 aliphatic heterocycles. The summed E-state index contributed by atoms with van der Waals surface area (Å²) in [7, 11) is 6.55. The van der Waals surface area contributed by atoms with Gasteiger partial charge in [-0.1, -0.05) is 13.8 Å². The molecule has 0 radical (unpaired) electrons. The minimum atomic E-state index is 0.629. The van der Waals surface area contributed by atoms with Crippen LogP contribution >= 0.6 is 0 Å². The standard InChI is InChI=1S/C14H31N3/c1-12(2)14(11-16(3)4)15-10-13-6-8-17(5)9-7-13/h12-15H,6-11H2,1-5H3. The number of nitrogens with zero attached hydrogens (tertiary/aromatic N) is 2. The summed E-state index contributed by atoms with van der Waals surface area (Å²) >= 11 is 0. The third kappa shape index (κ3) is 5.84. The molecule has 0 aromatic carbocycles. The summed E-state index contributed by atoms with van der Waals surface area (Å²) in [6.07, 6.45) is 2.71. The van der Waals surface area contributed by atoms with E-state index in [4.69, 9.17) is 0 Å². The van der Waals surface area contributed by atoms with E-state index < -0.39 is 0 Å². The quantitative estimate of drug-likeness (QED) is 0.760. The summed E-state index contributed by atoms with van der Waals surface area (Å²) in [5.74, 6) is 1.60. The maximum absolute atomic E-state index is 3.77. The highest BCUT2D eigenvalue weighted by atomic mass is 15.1. The third-order valence-corrected chi connectivity index (χ3v) is 3.87. The molecule has 0 aliphatic carbocycles. The Kier molecular flexibility index (Phi) is 6.45. The fraction of sp³-hybridized carbons (Fsp3) is 1.00. The number of likely N-dealkylation sites (tertiary alicyclic amines) is 1. The first-order valence-corrected chi connectivity index (χ1v) is 7.05. The van der Waals surface area contributed by atoms with Crippen LogP contribution in [0.15, 0.2) is 0 Å². The molecule has 0 spiro atoms. The molecule has 1 heterocycles. The second kappa shape index (κ2) is 7.34. The average molecular weight is 241 g/mol. The number of hydrogen-bond acceptors (Lipinski definition) is 3. The average Bonchev–Trinajstić information content (AvgIpc) is 2.25. The molecule has 0 saturated carbocycles. The Bertz CT molecular complexity index is 196. The van der Waals surface area contributed by atoms with Crippen molar-refractivity contribution in [1.29, 1.82) is 0 Å². The van der Waals surface area contributed by atoms with Crippen molar-refractivity contribution in [3.63, 3.8) is 0 Å². The molecule has 3 nitrogen and oxygen atoms in total. The Balaban J connectivity index is 2.26. The molecule has 1 atom stereocenters. The maximum atomic E-state index is 3.77. The van der Waals surface area contributed by atoms with Crippen molar-refractivity contribution >= 4 is 0 Å². The summed E-state index contributed by atoms with van der Waals surface area (Å²) in [5.41, 5.74) is 0. The summed E-state index contributed by atoms with van der Waals surface area (Å²) in [4.78, 5) is 4.72. The van der Waals surface area contributed by atoms with Gasteiger partial charge in [0.15, 0.2) is 0 Å². The lowest BCUT2D eigenvalue weighted by atomic mass is 9.95. The van der Waals surface area contributed by atoms with Gasteiger partial charge < -0.3 is 15.1 Å². The van der Waals surface area contributed by atoms with E-state index in [1.165, 1.54) is 32.5 Å². The van der Waals surface area contributed by atoms with Gasteiger partial charge in [-0.2, -0.15) is 0 Å². The van der Waals surface area contributed by atoms with Gasteiger partial charge in [-0.25, -0.2) is 0 Å². The van der Waals surface area contributed by atoms with Crippen molar-refractivity contribution in [3.8, 4) is 0 Å². The molecule has 1 fully saturated rings. The van der Waals surface area contributed by atoms with Crippen molar-refractivity contribution < 1.29 is 0 Å². The van der Waals surface area contributed by atoms with E-state index in [9.17, 15) is 0 Å². The first kappa shape index (κ1) is 14.9. The van der Waals surface area contributed by atoms with Crippen LogP contribution in [-0.2, 0) is 0 Å². The maximum Gasteiger partial charge on any atom is 0.0217 e. The lowest BCUT2D eigenvalue weighted by molar-refractivity contribution is 0.202. The van der Waals surface area contributed by atoms with E-state index in [0.717, 1.165) is 12.5 Å². The van der Waals surface area contributed by atoms with Gasteiger partial charge in [0.2, 0.25) is 0 Å². The molecule has 1 unspecified atom stereocenters. The van der Waals surface area contributed by atoms with Crippen LogP contribution in [0.2, 0.25) is 0 Å². The molecule has 1 saturated heterocycles. The Morgan fingerprint density at radius 2 is 1.82 bits per heavy atom. The van der Waals surface area contributed by atoms with Gasteiger partial charge in [0.05, 0.1) is 0 Å². The van der Waals surface area contributed by atoms with Crippen molar-refractivity contribution in [3.05, 3.63) is 0 Å². The second-order valence-corrected chi connectivity index (χ2v) is 6.27. The van der Waals surface area contributed by atoms with Crippen LogP contribution in [0.5, 0.6) is 0 Å². The van der Waals surface area contributed by atoms with Crippen LogP contribution in [0.25, 0.3) is 0 Å². The molecule has 1 N–H and O–H groups in total. The summed E-state index contributed by atoms with van der Waals surface area (Å²) < 4.78 is 0. The highest BCUT2D eigenvalue weighted by Crippen LogP contribution is 2.15. The molecule has 0 aromatic heterocycles. The molecule has 0 amide bonds. The Hall–Kier alpha value is -0.120. The SMILES string of the molecule is CC(C)C(CN(C)C)NCC1CCN(C)CC1. The molecule has 3 heteroatoms. The summed E-state index contributed by atoms with van der Waals surface area (Å²) in [6.45, 7) is 9.51. The van der Waals surface area contributed by atoms with Gasteiger partial charge in [0.25, 0.3) is 0 Å². The van der Waals surface area contributed by atoms with Gasteiger partial charge in [-0.05, 0) is 65.5 Å². The van der Waals surface area contributed by atoms with Crippen LogP contribution < -0.4 is 5.32 Å². The minimum absolute atomic E-state index is 0.629. The van der Waals surface area contributed by atoms with E-state index in [-0.39, 0.29) is 0 Å². The number of likely N-dealkylation sites (N-methyl/N-ethyl adjacent to an activating group) is 1. The summed E-state index contributed by atoms with van der Waals surface area (Å²) in [6, 6.07) is 0.629. The zero-order valence-electron chi connectivity index (χ0n) is 12.4. The molecular formula is C14H31N3. The number of piperidine rings is 1. The third-order valence-electron chi connectivity index (χ3n) is 3.87. The normalized spacial score (nSPS) is 21.4. The monoisotopic (exact) mass is 241 g/mol. The number of hydrogen-bond donors (Lipinski definition) is 1. The van der Waals surface area contributed by atoms with Crippen LogP contribution in [0.1, 0.15) is 26.7 Å². The largest absolute Gasteiger partial charge is 0.312 e. The topological polar surface area (TPSA) is 18.5 Å². The zero-order chi connectivity index (χ0) is 12.8. The van der Waals surface area contributed by atoms with E-state index >= 15 is 0 Å². The van der Waals surface area contributed by atoms with Gasteiger partial charge >= 0.3 is 0 Å². The molecule has 1 rings (SSSR count). The fourth-order valence-corrected chi connectivity index (χ4v) is 2.49. The van der Waals surface area contributed by atoms with E-state index in [1.807, 2.05) is 0 Å². The van der Waals surface area contributed by atoms with Gasteiger partial charge in [0, 0.05) is 12.6 Å². The highest BCUT2D eigenvalue weighted by molar-refractivity contribution is 4.77. The second-order valence-electron chi connectivity index (χ2n) is 6.27. The van der Waals surface area contributed by atoms with Gasteiger partial charge in [-0.3, -0.25) is 0 Å². The van der Waals surface area contributed by atoms with Crippen LogP contribution in [-0.4, -0.2) is 63.2 Å². The summed E-state index contributed by atoms with van der Waals surface area (Å²) in [5, 5.41) is 3.77. The Morgan fingerprint density at radius 1 is 1.24 bits per heavy atom. The van der Waals surface area contributed by atoms with Crippen molar-refractivity contribution in [2.45, 2.75) is 32.7 Å². The van der Waals surface area contributed by atoms with Gasteiger partial charge in [0.1, 0.15) is 0 Å². The van der Waals surface area contributed by atoms with E-state index in [2.05, 4.69) is 50.1 Å². The number of nitrogens with one attached hydrogen (secondary N) is 1. The Labute approximate surface area is 108 Å². The molecular weight excluding hydrogens is 210 g/mol. The highest BCUT2D eigenvalue weighted by Gasteiger charge is 2.19. The fourth-order valence-electron chi connectivity index (χ4n) is 2.49. The lowest BCUT2D eigenvalue weighted by Crippen LogP contribution is -2.45. The van der Waals surface area contributed by atoms with Crippen molar-refractivity contribution in [2.24, 2.45) is 11.8 Å². The number of rotatable bonds is 6. The predicted molar refractivity (Wildman–Crippen MR) is 75.4 cm³/mol. The van der Waals surface area contributed by atoms with E-state index in [1.54, 1.807) is 0 Å². The van der Waals surface area contributed by atoms with E-state index in [0.29, 0.717) is 12.0 Å². The smallest absolute Gasteiger partial charge is 0.0217 e. The molecule has 102 valence electrons. The first-order chi connectivity index (χ1) is 7.99. The van der Waals surface area contributed by atoms with Crippen molar-refractivity contribution in [2.75, 3.05) is 47.3 Å². The Morgan fingerprint density at radius 3 is 2.29 bits per heavy atom. The minimum Gasteiger partial charge on any atom is -0.312 e. The van der Waals surface area contributed by atoms with Crippen molar-refractivity contribution in [1.82, 2.24) is 15.1 Å². The van der Waals surface area contributed by atoms with Crippen LogP contribution in [0.3, 0.4) is 0 Å². The molecule has 0 aromatic rings. The predicted octanol–water partition coefficient (Wildman–Crippen LogP) is 1.50. The van der Waals surface area contributed by atoms with Gasteiger partial charge in [-0.15, -0.1) is 0 Å². The van der Waals surface area contributed by atoms with Crippen LogP contribution in [0, 0.1) is 11.8 Å². The van der Waals surface area contributed by atoms with Crippen LogP contribution in [0.4, 0.5) is 0 Å². The molecule has 0 bridgehead atoms. The first-order valence-electron chi connectivity index (χ1n) is 7.05.